The summed E-state index contributed by atoms with van der Waals surface area (Å²) in [5.74, 6) is 0.668. The Morgan fingerprint density at radius 1 is 0.286 bits per heavy atom. The lowest BCUT2D eigenvalue weighted by molar-refractivity contribution is 0.669. The highest BCUT2D eigenvalue weighted by molar-refractivity contribution is 6.14. The third kappa shape index (κ3) is 6.29. The molecule has 11 aromatic carbocycles. The van der Waals surface area contributed by atoms with Gasteiger partial charge >= 0.3 is 0 Å². The quantitative estimate of drug-likeness (QED) is 0.150. The fourth-order valence-corrected chi connectivity index (χ4v) is 11.3. The van der Waals surface area contributed by atoms with Crippen LogP contribution in [0.5, 0.6) is 0 Å². The molecule has 1 aliphatic rings. The van der Waals surface area contributed by atoms with E-state index in [1.807, 2.05) is 12.1 Å². The van der Waals surface area contributed by atoms with Crippen LogP contribution in [0.4, 0.5) is 0 Å². The highest BCUT2D eigenvalue weighted by atomic mass is 16.3. The van der Waals surface area contributed by atoms with Gasteiger partial charge in [0, 0.05) is 27.5 Å². The SMILES string of the molecule is c1ccc(C2(c3ccccc3)c3ccccc3-c3ccc(-c4cc(-c5ccc(-c6ccc7oc8ccccc8c7c6)cc5)nc(-c5cccc(-c6cc7ccccc7c7ccccc67)c5)n4)cc32)cc1. The average molecular weight is 891 g/mol. The Morgan fingerprint density at radius 2 is 0.871 bits per heavy atom. The molecular weight excluding hydrogens is 849 g/mol. The Balaban J connectivity index is 0.949. The number of furan rings is 1. The van der Waals surface area contributed by atoms with Crippen LogP contribution in [0.3, 0.4) is 0 Å². The topological polar surface area (TPSA) is 38.9 Å². The summed E-state index contributed by atoms with van der Waals surface area (Å²) in [6.07, 6.45) is 0. The van der Waals surface area contributed by atoms with Crippen molar-refractivity contribution in [3.05, 3.63) is 277 Å². The van der Waals surface area contributed by atoms with Crippen molar-refractivity contribution in [2.24, 2.45) is 0 Å². The highest BCUT2D eigenvalue weighted by Gasteiger charge is 2.46. The van der Waals surface area contributed by atoms with Crippen LogP contribution in [-0.4, -0.2) is 9.97 Å². The van der Waals surface area contributed by atoms with Crippen LogP contribution in [0.1, 0.15) is 22.3 Å². The van der Waals surface area contributed by atoms with Crippen LogP contribution in [0.2, 0.25) is 0 Å². The Bertz CT molecular complexity index is 4130. The van der Waals surface area contributed by atoms with Crippen molar-refractivity contribution >= 4 is 43.5 Å². The molecule has 1 aliphatic carbocycles. The van der Waals surface area contributed by atoms with E-state index in [1.165, 1.54) is 60.5 Å². The molecule has 14 rings (SSSR count). The number of para-hydroxylation sites is 1. The van der Waals surface area contributed by atoms with Gasteiger partial charge in [0.2, 0.25) is 0 Å². The molecule has 0 saturated heterocycles. The summed E-state index contributed by atoms with van der Waals surface area (Å²) in [6.45, 7) is 0. The maximum absolute atomic E-state index is 6.17. The van der Waals surface area contributed by atoms with Crippen molar-refractivity contribution in [2.75, 3.05) is 0 Å². The summed E-state index contributed by atoms with van der Waals surface area (Å²) < 4.78 is 6.17. The van der Waals surface area contributed by atoms with E-state index in [1.54, 1.807) is 0 Å². The zero-order valence-electron chi connectivity index (χ0n) is 38.1. The molecule has 0 radical (unpaired) electrons. The predicted octanol–water partition coefficient (Wildman–Crippen LogP) is 17.4. The molecule has 0 unspecified atom stereocenters. The third-order valence-corrected chi connectivity index (χ3v) is 14.6. The van der Waals surface area contributed by atoms with Crippen LogP contribution in [0.25, 0.3) is 111 Å². The van der Waals surface area contributed by atoms with Crippen LogP contribution < -0.4 is 0 Å². The van der Waals surface area contributed by atoms with Gasteiger partial charge in [-0.1, -0.05) is 212 Å². The van der Waals surface area contributed by atoms with Gasteiger partial charge < -0.3 is 4.42 Å². The smallest absolute Gasteiger partial charge is 0.160 e. The van der Waals surface area contributed by atoms with Gasteiger partial charge in [0.25, 0.3) is 0 Å². The Morgan fingerprint density at radius 3 is 1.67 bits per heavy atom. The summed E-state index contributed by atoms with van der Waals surface area (Å²) in [5.41, 5.74) is 18.0. The van der Waals surface area contributed by atoms with Gasteiger partial charge in [-0.25, -0.2) is 9.97 Å². The van der Waals surface area contributed by atoms with E-state index in [0.717, 1.165) is 66.7 Å². The Hall–Kier alpha value is -9.18. The fourth-order valence-electron chi connectivity index (χ4n) is 11.3. The first-order chi connectivity index (χ1) is 34.7. The van der Waals surface area contributed by atoms with E-state index in [0.29, 0.717) is 5.82 Å². The van der Waals surface area contributed by atoms with Gasteiger partial charge in [0.15, 0.2) is 5.82 Å². The number of aromatic nitrogens is 2. The molecule has 0 spiro atoms. The molecule has 0 aliphatic heterocycles. The number of fused-ring (bicyclic) bond motifs is 9. The molecule has 0 bridgehead atoms. The molecule has 3 heteroatoms. The molecule has 0 atom stereocenters. The molecule has 0 fully saturated rings. The summed E-state index contributed by atoms with van der Waals surface area (Å²) in [7, 11) is 0. The Labute approximate surface area is 405 Å². The van der Waals surface area contributed by atoms with Crippen molar-refractivity contribution in [3.8, 4) is 67.3 Å². The number of nitrogens with zero attached hydrogens (tertiary/aromatic N) is 2. The largest absolute Gasteiger partial charge is 0.456 e. The molecule has 0 saturated carbocycles. The van der Waals surface area contributed by atoms with Gasteiger partial charge in [-0.15, -0.1) is 0 Å². The van der Waals surface area contributed by atoms with Crippen molar-refractivity contribution in [1.82, 2.24) is 9.97 Å². The van der Waals surface area contributed by atoms with Gasteiger partial charge in [-0.2, -0.15) is 0 Å². The monoisotopic (exact) mass is 890 g/mol. The lowest BCUT2D eigenvalue weighted by Crippen LogP contribution is -2.28. The lowest BCUT2D eigenvalue weighted by Gasteiger charge is -2.34. The second-order valence-electron chi connectivity index (χ2n) is 18.4. The fraction of sp³-hybridized carbons (Fsp3) is 0.0149. The van der Waals surface area contributed by atoms with Crippen LogP contribution in [-0.2, 0) is 5.41 Å². The number of hydrogen-bond acceptors (Lipinski definition) is 3. The molecule has 2 aromatic heterocycles. The summed E-state index contributed by atoms with van der Waals surface area (Å²) in [4.78, 5) is 10.9. The van der Waals surface area contributed by atoms with Crippen molar-refractivity contribution < 1.29 is 4.42 Å². The van der Waals surface area contributed by atoms with Crippen LogP contribution in [0, 0.1) is 0 Å². The lowest BCUT2D eigenvalue weighted by atomic mass is 9.67. The molecule has 326 valence electrons. The molecule has 70 heavy (non-hydrogen) atoms. The van der Waals surface area contributed by atoms with E-state index >= 15 is 0 Å². The zero-order valence-corrected chi connectivity index (χ0v) is 38.1. The first kappa shape index (κ1) is 39.9. The maximum Gasteiger partial charge on any atom is 0.160 e. The van der Waals surface area contributed by atoms with Gasteiger partial charge in [0.1, 0.15) is 11.2 Å². The minimum absolute atomic E-state index is 0.540. The molecular formula is C67H42N2O. The summed E-state index contributed by atoms with van der Waals surface area (Å²) in [6, 6.07) is 91.9. The first-order valence-corrected chi connectivity index (χ1v) is 24.0. The molecule has 0 amide bonds. The number of hydrogen-bond donors (Lipinski definition) is 0. The summed E-state index contributed by atoms with van der Waals surface area (Å²) in [5, 5.41) is 7.15. The first-order valence-electron chi connectivity index (χ1n) is 24.0. The van der Waals surface area contributed by atoms with Crippen molar-refractivity contribution in [3.63, 3.8) is 0 Å². The minimum atomic E-state index is -0.540. The number of rotatable bonds is 7. The van der Waals surface area contributed by atoms with Crippen LogP contribution >= 0.6 is 0 Å². The van der Waals surface area contributed by atoms with Crippen LogP contribution in [0.15, 0.2) is 259 Å². The van der Waals surface area contributed by atoms with Gasteiger partial charge in [-0.3, -0.25) is 0 Å². The third-order valence-electron chi connectivity index (χ3n) is 14.6. The molecule has 0 N–H and O–H groups in total. The number of benzene rings is 11. The van der Waals surface area contributed by atoms with E-state index in [2.05, 4.69) is 243 Å². The standard InChI is InChI=1S/C67H42N2O/c1-3-19-50(20-4-1)67(51-21-5-2-6-22-51)60-28-13-11-26-55(60)56-36-34-48(41-61(56)67)63-42-62(44-32-30-43(31-33-44)45-35-37-65-59(39-45)57-27-12-14-29-64(57)70-65)68-66(69-63)49-18-15-17-46(38-49)58-40-47-16-7-8-23-52(47)53-24-9-10-25-54(53)58/h1-42H. The van der Waals surface area contributed by atoms with E-state index < -0.39 is 5.41 Å². The second-order valence-corrected chi connectivity index (χ2v) is 18.4. The minimum Gasteiger partial charge on any atom is -0.456 e. The van der Waals surface area contributed by atoms with E-state index in [-0.39, 0.29) is 0 Å². The predicted molar refractivity (Wildman–Crippen MR) is 289 cm³/mol. The molecule has 3 nitrogen and oxygen atoms in total. The molecule has 2 heterocycles. The van der Waals surface area contributed by atoms with Crippen molar-refractivity contribution in [1.29, 1.82) is 0 Å². The summed E-state index contributed by atoms with van der Waals surface area (Å²) >= 11 is 0. The highest BCUT2D eigenvalue weighted by Crippen LogP contribution is 2.56. The average Bonchev–Trinajstić information content (AvgIpc) is 3.96. The molecule has 13 aromatic rings. The van der Waals surface area contributed by atoms with Gasteiger partial charge in [-0.05, 0) is 120 Å². The van der Waals surface area contributed by atoms with Crippen molar-refractivity contribution in [2.45, 2.75) is 5.41 Å². The maximum atomic E-state index is 6.17. The van der Waals surface area contributed by atoms with Gasteiger partial charge in [0.05, 0.1) is 16.8 Å². The Kier molecular flexibility index (Phi) is 9.11. The normalized spacial score (nSPS) is 12.7. The van der Waals surface area contributed by atoms with E-state index in [9.17, 15) is 0 Å². The van der Waals surface area contributed by atoms with E-state index in [4.69, 9.17) is 14.4 Å². The zero-order chi connectivity index (χ0) is 46.2. The second kappa shape index (κ2) is 16.0.